The molecule has 1 aromatic heterocycles. The van der Waals surface area contributed by atoms with E-state index in [0.717, 1.165) is 5.76 Å². The average molecular weight is 326 g/mol. The van der Waals surface area contributed by atoms with Crippen LogP contribution in [0.5, 0.6) is 0 Å². The van der Waals surface area contributed by atoms with Gasteiger partial charge in [-0.3, -0.25) is 0 Å². The lowest BCUT2D eigenvalue weighted by Crippen LogP contribution is -2.14. The van der Waals surface area contributed by atoms with Crippen LogP contribution in [0.15, 0.2) is 45.7 Å². The van der Waals surface area contributed by atoms with Crippen LogP contribution < -0.4 is 5.32 Å². The molecule has 21 heavy (non-hydrogen) atoms. The Morgan fingerprint density at radius 2 is 1.76 bits per heavy atom. The summed E-state index contributed by atoms with van der Waals surface area (Å²) in [6.45, 7) is 0.645. The van der Waals surface area contributed by atoms with E-state index < -0.39 is 9.84 Å². The first-order chi connectivity index (χ1) is 10.0. The number of nitrogens with one attached hydrogen (secondary N) is 1. The lowest BCUT2D eigenvalue weighted by molar-refractivity contribution is 0.455. The van der Waals surface area contributed by atoms with Gasteiger partial charge in [0.15, 0.2) is 9.84 Å². The first-order valence-corrected chi connectivity index (χ1v) is 8.85. The molecule has 1 fully saturated rings. The third-order valence-corrected chi connectivity index (χ3v) is 5.27. The normalized spacial score (nSPS) is 15.3. The van der Waals surface area contributed by atoms with Gasteiger partial charge in [0.2, 0.25) is 0 Å². The highest BCUT2D eigenvalue weighted by Gasteiger charge is 2.21. The van der Waals surface area contributed by atoms with E-state index in [9.17, 15) is 8.42 Å². The maximum atomic E-state index is 12.3. The van der Waals surface area contributed by atoms with Crippen molar-refractivity contribution in [3.05, 3.63) is 52.9 Å². The molecule has 0 unspecified atom stereocenters. The van der Waals surface area contributed by atoms with Crippen LogP contribution >= 0.6 is 11.6 Å². The second-order valence-corrected chi connectivity index (χ2v) is 7.66. The molecule has 1 heterocycles. The zero-order valence-electron chi connectivity index (χ0n) is 11.4. The van der Waals surface area contributed by atoms with E-state index in [1.165, 1.54) is 25.0 Å². The number of rotatable bonds is 6. The second-order valence-electron chi connectivity index (χ2n) is 5.24. The maximum Gasteiger partial charge on any atom is 0.185 e. The standard InChI is InChI=1S/C15H16ClNO3S/c16-11-1-7-15(8-2-11)21(18,19)10-14-6-5-13(20-14)9-17-12-3-4-12/h1-2,5-8,12,17H,3-4,9-10H2. The van der Waals surface area contributed by atoms with Crippen molar-refractivity contribution in [3.8, 4) is 0 Å². The number of hydrogen-bond acceptors (Lipinski definition) is 4. The molecule has 0 spiro atoms. The summed E-state index contributed by atoms with van der Waals surface area (Å²) >= 11 is 5.77. The molecule has 0 atom stereocenters. The Morgan fingerprint density at radius 1 is 1.10 bits per heavy atom. The SMILES string of the molecule is O=S(=O)(Cc1ccc(CNC2CC2)o1)c1ccc(Cl)cc1. The van der Waals surface area contributed by atoms with Gasteiger partial charge in [0.25, 0.3) is 0 Å². The fraction of sp³-hybridized carbons (Fsp3) is 0.333. The van der Waals surface area contributed by atoms with E-state index in [1.54, 1.807) is 18.2 Å². The number of sulfone groups is 1. The summed E-state index contributed by atoms with van der Waals surface area (Å²) in [5.41, 5.74) is 0. The molecular formula is C15H16ClNO3S. The molecule has 1 N–H and O–H groups in total. The predicted molar refractivity (Wildman–Crippen MR) is 80.9 cm³/mol. The molecule has 112 valence electrons. The summed E-state index contributed by atoms with van der Waals surface area (Å²) in [6.07, 6.45) is 2.41. The van der Waals surface area contributed by atoms with Gasteiger partial charge in [-0.15, -0.1) is 0 Å². The quantitative estimate of drug-likeness (QED) is 0.886. The van der Waals surface area contributed by atoms with Crippen molar-refractivity contribution < 1.29 is 12.8 Å². The van der Waals surface area contributed by atoms with Crippen LogP contribution in [-0.2, 0) is 22.1 Å². The molecule has 6 heteroatoms. The molecule has 1 aliphatic rings. The Labute approximate surface area is 129 Å². The third kappa shape index (κ3) is 3.87. The second kappa shape index (κ2) is 5.83. The molecule has 4 nitrogen and oxygen atoms in total. The van der Waals surface area contributed by atoms with Crippen molar-refractivity contribution in [2.45, 2.75) is 36.1 Å². The summed E-state index contributed by atoms with van der Waals surface area (Å²) in [5.74, 6) is 1.08. The van der Waals surface area contributed by atoms with Crippen LogP contribution in [0.3, 0.4) is 0 Å². The molecule has 3 rings (SSSR count). The monoisotopic (exact) mass is 325 g/mol. The number of halogens is 1. The highest BCUT2D eigenvalue weighted by atomic mass is 35.5. The van der Waals surface area contributed by atoms with Crippen molar-refractivity contribution in [2.24, 2.45) is 0 Å². The zero-order valence-corrected chi connectivity index (χ0v) is 13.0. The first kappa shape index (κ1) is 14.6. The van der Waals surface area contributed by atoms with E-state index in [4.69, 9.17) is 16.0 Å². The van der Waals surface area contributed by atoms with Crippen LogP contribution in [0.4, 0.5) is 0 Å². The summed E-state index contributed by atoms with van der Waals surface area (Å²) in [6, 6.07) is 10.3. The third-order valence-electron chi connectivity index (χ3n) is 3.36. The minimum absolute atomic E-state index is 0.141. The molecule has 0 bridgehead atoms. The fourth-order valence-electron chi connectivity index (χ4n) is 2.04. The van der Waals surface area contributed by atoms with E-state index >= 15 is 0 Å². The Kier molecular flexibility index (Phi) is 4.06. The van der Waals surface area contributed by atoms with Gasteiger partial charge in [-0.25, -0.2) is 8.42 Å². The van der Waals surface area contributed by atoms with Crippen molar-refractivity contribution in [2.75, 3.05) is 0 Å². The van der Waals surface area contributed by atoms with Gasteiger partial charge < -0.3 is 9.73 Å². The Hall–Kier alpha value is -1.30. The molecule has 0 aliphatic heterocycles. The summed E-state index contributed by atoms with van der Waals surface area (Å²) in [5, 5.41) is 3.84. The van der Waals surface area contributed by atoms with Crippen molar-refractivity contribution >= 4 is 21.4 Å². The molecule has 1 saturated carbocycles. The van der Waals surface area contributed by atoms with Crippen molar-refractivity contribution in [3.63, 3.8) is 0 Å². The van der Waals surface area contributed by atoms with Gasteiger partial charge in [0, 0.05) is 11.1 Å². The van der Waals surface area contributed by atoms with Crippen LogP contribution in [0, 0.1) is 0 Å². The molecule has 0 radical (unpaired) electrons. The van der Waals surface area contributed by atoms with Gasteiger partial charge in [-0.05, 0) is 49.2 Å². The van der Waals surface area contributed by atoms with Gasteiger partial charge in [0.1, 0.15) is 17.3 Å². The largest absolute Gasteiger partial charge is 0.464 e. The topological polar surface area (TPSA) is 59.3 Å². The fourth-order valence-corrected chi connectivity index (χ4v) is 3.41. The van der Waals surface area contributed by atoms with Crippen LogP contribution in [0.2, 0.25) is 5.02 Å². The molecule has 0 amide bonds. The van der Waals surface area contributed by atoms with Gasteiger partial charge in [0.05, 0.1) is 11.4 Å². The van der Waals surface area contributed by atoms with Gasteiger partial charge >= 0.3 is 0 Å². The summed E-state index contributed by atoms with van der Waals surface area (Å²) in [7, 11) is -3.41. The Morgan fingerprint density at radius 3 is 2.43 bits per heavy atom. The van der Waals surface area contributed by atoms with Crippen molar-refractivity contribution in [1.82, 2.24) is 5.32 Å². The molecule has 1 aromatic carbocycles. The lowest BCUT2D eigenvalue weighted by atomic mass is 10.4. The minimum Gasteiger partial charge on any atom is -0.464 e. The lowest BCUT2D eigenvalue weighted by Gasteiger charge is -2.03. The number of furan rings is 1. The van der Waals surface area contributed by atoms with Crippen LogP contribution in [0.1, 0.15) is 24.4 Å². The van der Waals surface area contributed by atoms with Crippen LogP contribution in [0.25, 0.3) is 0 Å². The molecule has 1 aliphatic carbocycles. The smallest absolute Gasteiger partial charge is 0.185 e. The molecular weight excluding hydrogens is 310 g/mol. The minimum atomic E-state index is -3.41. The van der Waals surface area contributed by atoms with E-state index in [0.29, 0.717) is 23.4 Å². The van der Waals surface area contributed by atoms with E-state index in [2.05, 4.69) is 5.32 Å². The van der Waals surface area contributed by atoms with Crippen molar-refractivity contribution in [1.29, 1.82) is 0 Å². The number of hydrogen-bond donors (Lipinski definition) is 1. The highest BCUT2D eigenvalue weighted by Crippen LogP contribution is 2.22. The average Bonchev–Trinajstić information content (AvgIpc) is 3.17. The predicted octanol–water partition coefficient (Wildman–Crippen LogP) is 3.16. The summed E-state index contributed by atoms with van der Waals surface area (Å²) < 4.78 is 30.1. The van der Waals surface area contributed by atoms with Gasteiger partial charge in [-0.1, -0.05) is 11.6 Å². The Balaban J connectivity index is 1.68. The van der Waals surface area contributed by atoms with Crippen LogP contribution in [-0.4, -0.2) is 14.5 Å². The maximum absolute atomic E-state index is 12.3. The highest BCUT2D eigenvalue weighted by molar-refractivity contribution is 7.90. The summed E-state index contributed by atoms with van der Waals surface area (Å²) in [4.78, 5) is 0.251. The van der Waals surface area contributed by atoms with Gasteiger partial charge in [-0.2, -0.15) is 0 Å². The first-order valence-electron chi connectivity index (χ1n) is 6.82. The Bertz CT molecular complexity index is 718. The molecule has 2 aromatic rings. The van der Waals surface area contributed by atoms with E-state index in [-0.39, 0.29) is 10.6 Å². The van der Waals surface area contributed by atoms with E-state index in [1.807, 2.05) is 6.07 Å². The molecule has 0 saturated heterocycles. The number of benzene rings is 1. The zero-order chi connectivity index (χ0) is 14.9.